The van der Waals surface area contributed by atoms with Gasteiger partial charge >= 0.3 is 0 Å². The first-order valence-electron chi connectivity index (χ1n) is 11.1. The van der Waals surface area contributed by atoms with Gasteiger partial charge in [0.2, 0.25) is 0 Å². The summed E-state index contributed by atoms with van der Waals surface area (Å²) in [6.07, 6.45) is 11.9. The molecule has 0 spiro atoms. The van der Waals surface area contributed by atoms with Gasteiger partial charge in [0.05, 0.1) is 13.2 Å². The van der Waals surface area contributed by atoms with Crippen molar-refractivity contribution in [3.63, 3.8) is 0 Å². The second-order valence-electron chi connectivity index (χ2n) is 7.62. The van der Waals surface area contributed by atoms with Crippen molar-refractivity contribution in [2.75, 3.05) is 26.4 Å². The molecule has 0 radical (unpaired) electrons. The van der Waals surface area contributed by atoms with Crippen LogP contribution >= 0.6 is 0 Å². The predicted molar refractivity (Wildman–Crippen MR) is 130 cm³/mol. The lowest BCUT2D eigenvalue weighted by Gasteiger charge is -2.09. The van der Waals surface area contributed by atoms with Crippen molar-refractivity contribution in [3.05, 3.63) is 97.1 Å². The average molecular weight is 433 g/mol. The van der Waals surface area contributed by atoms with Crippen LogP contribution in [0.2, 0.25) is 0 Å². The lowest BCUT2D eigenvalue weighted by molar-refractivity contribution is 0.309. The second kappa shape index (κ2) is 13.1. The molecule has 0 N–H and O–H groups in total. The molecule has 0 saturated carbocycles. The van der Waals surface area contributed by atoms with E-state index in [0.717, 1.165) is 59.8 Å². The fourth-order valence-corrected chi connectivity index (χ4v) is 2.99. The summed E-state index contributed by atoms with van der Waals surface area (Å²) in [5.74, 6) is 3.29. The molecule has 168 valence electrons. The Hall–Kier alpha value is -3.40. The maximum absolute atomic E-state index is 5.80. The highest BCUT2D eigenvalue weighted by Gasteiger charge is 2.00. The molecule has 0 fully saturated rings. The van der Waals surface area contributed by atoms with Gasteiger partial charge in [-0.3, -0.25) is 0 Å². The molecule has 0 amide bonds. The SMILES string of the molecule is C=C1/C=C/CCCOc2ccc(cc2)OCC(=C)/C=C/CCCOc2ccc(cc2)OC1. The summed E-state index contributed by atoms with van der Waals surface area (Å²) >= 11 is 0. The van der Waals surface area contributed by atoms with Gasteiger partial charge < -0.3 is 18.9 Å². The monoisotopic (exact) mass is 432 g/mol. The third-order valence-corrected chi connectivity index (χ3v) is 4.77. The van der Waals surface area contributed by atoms with Crippen molar-refractivity contribution >= 4 is 0 Å². The van der Waals surface area contributed by atoms with Gasteiger partial charge in [0.25, 0.3) is 0 Å². The van der Waals surface area contributed by atoms with Crippen LogP contribution < -0.4 is 18.9 Å². The quantitative estimate of drug-likeness (QED) is 0.464. The van der Waals surface area contributed by atoms with Crippen LogP contribution in [0.1, 0.15) is 25.7 Å². The van der Waals surface area contributed by atoms with E-state index in [2.05, 4.69) is 25.3 Å². The normalized spacial score (nSPS) is 18.6. The Morgan fingerprint density at radius 1 is 0.500 bits per heavy atom. The van der Waals surface area contributed by atoms with Crippen molar-refractivity contribution in [1.82, 2.24) is 0 Å². The van der Waals surface area contributed by atoms with Gasteiger partial charge in [-0.2, -0.15) is 0 Å². The van der Waals surface area contributed by atoms with Gasteiger partial charge in [-0.05, 0) is 85.4 Å². The molecule has 0 aliphatic carbocycles. The van der Waals surface area contributed by atoms with Crippen LogP contribution in [0.15, 0.2) is 97.1 Å². The fraction of sp³-hybridized carbons (Fsp3) is 0.286. The first-order valence-corrected chi connectivity index (χ1v) is 11.1. The van der Waals surface area contributed by atoms with E-state index in [1.54, 1.807) is 0 Å². The third kappa shape index (κ3) is 8.76. The zero-order chi connectivity index (χ0) is 22.4. The van der Waals surface area contributed by atoms with E-state index < -0.39 is 0 Å². The van der Waals surface area contributed by atoms with E-state index in [1.165, 1.54) is 0 Å². The molecule has 0 saturated heterocycles. The van der Waals surface area contributed by atoms with Gasteiger partial charge in [-0.1, -0.05) is 37.5 Å². The molecule has 4 bridgehead atoms. The van der Waals surface area contributed by atoms with Crippen LogP contribution in [0.3, 0.4) is 0 Å². The summed E-state index contributed by atoms with van der Waals surface area (Å²) in [4.78, 5) is 0. The van der Waals surface area contributed by atoms with Crippen molar-refractivity contribution < 1.29 is 18.9 Å². The molecular weight excluding hydrogens is 400 g/mol. The fourth-order valence-electron chi connectivity index (χ4n) is 2.99. The van der Waals surface area contributed by atoms with E-state index in [1.807, 2.05) is 60.7 Å². The summed E-state index contributed by atoms with van der Waals surface area (Å²) in [7, 11) is 0. The first kappa shape index (κ1) is 23.3. The summed E-state index contributed by atoms with van der Waals surface area (Å²) in [5.41, 5.74) is 1.86. The Balaban J connectivity index is 1.55. The predicted octanol–water partition coefficient (Wildman–Crippen LogP) is 6.70. The lowest BCUT2D eigenvalue weighted by Crippen LogP contribution is -2.00. The smallest absolute Gasteiger partial charge is 0.120 e. The number of hydrogen-bond donors (Lipinski definition) is 0. The maximum Gasteiger partial charge on any atom is 0.120 e. The van der Waals surface area contributed by atoms with Gasteiger partial charge in [0.15, 0.2) is 0 Å². The Kier molecular flexibility index (Phi) is 9.53. The largest absolute Gasteiger partial charge is 0.494 e. The van der Waals surface area contributed by atoms with Crippen LogP contribution in [-0.2, 0) is 0 Å². The second-order valence-corrected chi connectivity index (χ2v) is 7.62. The van der Waals surface area contributed by atoms with Gasteiger partial charge in [0.1, 0.15) is 36.2 Å². The molecular formula is C28H32O4. The zero-order valence-electron chi connectivity index (χ0n) is 18.6. The van der Waals surface area contributed by atoms with Crippen molar-refractivity contribution in [2.45, 2.75) is 25.7 Å². The third-order valence-electron chi connectivity index (χ3n) is 4.77. The Morgan fingerprint density at radius 2 is 0.844 bits per heavy atom. The molecule has 4 heteroatoms. The van der Waals surface area contributed by atoms with Crippen LogP contribution in [-0.4, -0.2) is 26.4 Å². The number of benzene rings is 2. The summed E-state index contributed by atoms with van der Waals surface area (Å²) in [5, 5.41) is 0. The molecule has 4 aliphatic heterocycles. The van der Waals surface area contributed by atoms with E-state index in [-0.39, 0.29) is 0 Å². The minimum absolute atomic E-state index is 0.458. The number of hydrogen-bond acceptors (Lipinski definition) is 4. The van der Waals surface area contributed by atoms with Crippen molar-refractivity contribution in [2.24, 2.45) is 0 Å². The molecule has 2 aromatic carbocycles. The molecule has 0 unspecified atom stereocenters. The topological polar surface area (TPSA) is 36.9 Å². The Labute approximate surface area is 191 Å². The number of ether oxygens (including phenoxy) is 4. The highest BCUT2D eigenvalue weighted by atomic mass is 16.5. The van der Waals surface area contributed by atoms with Crippen molar-refractivity contribution in [1.29, 1.82) is 0 Å². The molecule has 4 heterocycles. The Bertz CT molecular complexity index is 830. The van der Waals surface area contributed by atoms with Gasteiger partial charge in [0, 0.05) is 0 Å². The van der Waals surface area contributed by atoms with E-state index in [0.29, 0.717) is 26.4 Å². The van der Waals surface area contributed by atoms with Crippen LogP contribution in [0.25, 0.3) is 0 Å². The number of rotatable bonds is 0. The molecule has 0 atom stereocenters. The molecule has 4 nitrogen and oxygen atoms in total. The van der Waals surface area contributed by atoms with Crippen molar-refractivity contribution in [3.8, 4) is 23.0 Å². The number of allylic oxidation sites excluding steroid dienone is 2. The molecule has 6 rings (SSSR count). The maximum atomic E-state index is 5.80. The van der Waals surface area contributed by atoms with E-state index in [9.17, 15) is 0 Å². The molecule has 0 aromatic heterocycles. The first-order chi connectivity index (χ1) is 15.7. The lowest BCUT2D eigenvalue weighted by atomic mass is 10.2. The zero-order valence-corrected chi connectivity index (χ0v) is 18.6. The molecule has 4 aliphatic rings. The van der Waals surface area contributed by atoms with Crippen LogP contribution in [0, 0.1) is 0 Å². The van der Waals surface area contributed by atoms with E-state index in [4.69, 9.17) is 18.9 Å². The minimum Gasteiger partial charge on any atom is -0.494 e. The van der Waals surface area contributed by atoms with Gasteiger partial charge in [-0.25, -0.2) is 0 Å². The minimum atomic E-state index is 0.458. The standard InChI is InChI=1S/C28H32O4/c1-23-9-5-3-7-19-29-26-13-17-28(18-14-26)32-22-24(2)10-6-4-8-20-30-25-11-15-27(16-12-25)31-21-23/h5-6,9-18H,1-4,7-8,19-22H2/b9-5+,10-6+. The molecule has 2 aromatic rings. The van der Waals surface area contributed by atoms with Gasteiger partial charge in [-0.15, -0.1) is 0 Å². The highest BCUT2D eigenvalue weighted by molar-refractivity contribution is 5.33. The molecule has 32 heavy (non-hydrogen) atoms. The Morgan fingerprint density at radius 3 is 1.22 bits per heavy atom. The van der Waals surface area contributed by atoms with E-state index >= 15 is 0 Å². The summed E-state index contributed by atoms with van der Waals surface area (Å²) < 4.78 is 23.2. The van der Waals surface area contributed by atoms with Crippen LogP contribution in [0.5, 0.6) is 23.0 Å². The highest BCUT2D eigenvalue weighted by Crippen LogP contribution is 2.20. The van der Waals surface area contributed by atoms with Crippen LogP contribution in [0.4, 0.5) is 0 Å². The average Bonchev–Trinajstić information content (AvgIpc) is 2.81. The summed E-state index contributed by atoms with van der Waals surface area (Å²) in [6.45, 7) is 10.3. The summed E-state index contributed by atoms with van der Waals surface area (Å²) in [6, 6.07) is 15.4.